The van der Waals surface area contributed by atoms with Crippen LogP contribution in [0.15, 0.2) is 12.2 Å². The van der Waals surface area contributed by atoms with E-state index in [9.17, 15) is 4.79 Å². The Morgan fingerprint density at radius 2 is 1.37 bits per heavy atom. The van der Waals surface area contributed by atoms with Crippen LogP contribution in [0.2, 0.25) is 0 Å². The molecule has 0 aromatic rings. The van der Waals surface area contributed by atoms with Crippen molar-refractivity contribution in [2.24, 2.45) is 5.92 Å². The van der Waals surface area contributed by atoms with Crippen LogP contribution in [0.1, 0.15) is 129 Å². The number of carbonyl (C=O) groups is 1. The highest BCUT2D eigenvalue weighted by Gasteiger charge is 2.24. The van der Waals surface area contributed by atoms with Gasteiger partial charge in [0.15, 0.2) is 0 Å². The topological polar surface area (TPSA) is 26.3 Å². The zero-order valence-corrected chi connectivity index (χ0v) is 18.4. The molecule has 1 rings (SSSR count). The third-order valence-electron chi connectivity index (χ3n) is 5.96. The maximum absolute atomic E-state index is 12.0. The summed E-state index contributed by atoms with van der Waals surface area (Å²) in [6.07, 6.45) is 27.1. The van der Waals surface area contributed by atoms with Gasteiger partial charge in [0.05, 0.1) is 0 Å². The van der Waals surface area contributed by atoms with Crippen LogP contribution in [0.3, 0.4) is 0 Å². The summed E-state index contributed by atoms with van der Waals surface area (Å²) in [6, 6.07) is 0. The van der Waals surface area contributed by atoms with Crippen LogP contribution in [0.4, 0.5) is 0 Å². The van der Waals surface area contributed by atoms with E-state index in [0.29, 0.717) is 12.3 Å². The van der Waals surface area contributed by atoms with Gasteiger partial charge in [0.25, 0.3) is 0 Å². The standard InChI is InChI=1S/C25H46O2/c1-3-4-5-6-7-8-9-10-11-12-13-14-15-16-17-22-25(26)27-24-21-19-18-20-23(24)2/h10-11,23-24H,3-9,12-22H2,1-2H3/b11-10-. The lowest BCUT2D eigenvalue weighted by Crippen LogP contribution is -2.28. The molecule has 0 saturated heterocycles. The lowest BCUT2D eigenvalue weighted by Gasteiger charge is -2.28. The van der Waals surface area contributed by atoms with Gasteiger partial charge in [0, 0.05) is 6.42 Å². The Morgan fingerprint density at radius 1 is 0.815 bits per heavy atom. The van der Waals surface area contributed by atoms with Crippen molar-refractivity contribution in [3.05, 3.63) is 12.2 Å². The number of esters is 1. The lowest BCUT2D eigenvalue weighted by atomic mass is 9.88. The number of carbonyl (C=O) groups excluding carboxylic acids is 1. The molecular formula is C25H46O2. The van der Waals surface area contributed by atoms with Crippen LogP contribution >= 0.6 is 0 Å². The minimum absolute atomic E-state index is 0.0337. The van der Waals surface area contributed by atoms with E-state index in [1.165, 1.54) is 89.9 Å². The van der Waals surface area contributed by atoms with Crippen molar-refractivity contribution >= 4 is 5.97 Å². The second kappa shape index (κ2) is 17.3. The normalized spacial score (nSPS) is 20.2. The lowest BCUT2D eigenvalue weighted by molar-refractivity contribution is -0.153. The van der Waals surface area contributed by atoms with Gasteiger partial charge in [0.1, 0.15) is 6.10 Å². The van der Waals surface area contributed by atoms with Crippen molar-refractivity contribution in [2.75, 3.05) is 0 Å². The molecule has 0 aromatic heterocycles. The smallest absolute Gasteiger partial charge is 0.306 e. The Balaban J connectivity index is 1.83. The summed E-state index contributed by atoms with van der Waals surface area (Å²) in [7, 11) is 0. The Hall–Kier alpha value is -0.790. The molecule has 0 radical (unpaired) electrons. The van der Waals surface area contributed by atoms with Gasteiger partial charge in [-0.1, -0.05) is 83.8 Å². The number of unbranched alkanes of at least 4 members (excludes halogenated alkanes) is 11. The van der Waals surface area contributed by atoms with Gasteiger partial charge in [-0.05, 0) is 57.3 Å². The number of hydrogen-bond donors (Lipinski definition) is 0. The van der Waals surface area contributed by atoms with E-state index in [-0.39, 0.29) is 12.1 Å². The fourth-order valence-corrected chi connectivity index (χ4v) is 4.03. The first-order valence-electron chi connectivity index (χ1n) is 12.1. The number of allylic oxidation sites excluding steroid dienone is 2. The number of rotatable bonds is 16. The van der Waals surface area contributed by atoms with Gasteiger partial charge in [-0.3, -0.25) is 4.79 Å². The summed E-state index contributed by atoms with van der Waals surface area (Å²) < 4.78 is 5.67. The molecular weight excluding hydrogens is 332 g/mol. The van der Waals surface area contributed by atoms with Gasteiger partial charge in [-0.25, -0.2) is 0 Å². The second-order valence-corrected chi connectivity index (χ2v) is 8.62. The van der Waals surface area contributed by atoms with Crippen LogP contribution in [-0.2, 0) is 9.53 Å². The molecule has 158 valence electrons. The van der Waals surface area contributed by atoms with E-state index >= 15 is 0 Å². The first-order chi connectivity index (χ1) is 13.2. The van der Waals surface area contributed by atoms with E-state index < -0.39 is 0 Å². The molecule has 0 bridgehead atoms. The summed E-state index contributed by atoms with van der Waals surface area (Å²) in [6.45, 7) is 4.49. The van der Waals surface area contributed by atoms with Crippen molar-refractivity contribution in [1.82, 2.24) is 0 Å². The van der Waals surface area contributed by atoms with Gasteiger partial charge in [0.2, 0.25) is 0 Å². The Labute approximate surface area is 169 Å². The second-order valence-electron chi connectivity index (χ2n) is 8.62. The molecule has 1 aliphatic rings. The molecule has 0 aliphatic heterocycles. The van der Waals surface area contributed by atoms with E-state index in [1.807, 2.05) is 0 Å². The van der Waals surface area contributed by atoms with Crippen LogP contribution in [-0.4, -0.2) is 12.1 Å². The van der Waals surface area contributed by atoms with Crippen LogP contribution < -0.4 is 0 Å². The van der Waals surface area contributed by atoms with E-state index in [0.717, 1.165) is 19.3 Å². The SMILES string of the molecule is CCCCCCCC/C=C\CCCCCCCC(=O)OC1CCCCC1C. The van der Waals surface area contributed by atoms with Gasteiger partial charge in [-0.2, -0.15) is 0 Å². The van der Waals surface area contributed by atoms with Crippen molar-refractivity contribution in [3.8, 4) is 0 Å². The zero-order chi connectivity index (χ0) is 19.6. The molecule has 0 N–H and O–H groups in total. The maximum atomic E-state index is 12.0. The molecule has 2 unspecified atom stereocenters. The summed E-state index contributed by atoms with van der Waals surface area (Å²) in [5.41, 5.74) is 0. The fraction of sp³-hybridized carbons (Fsp3) is 0.880. The van der Waals surface area contributed by atoms with E-state index in [4.69, 9.17) is 4.74 Å². The van der Waals surface area contributed by atoms with Gasteiger partial charge in [-0.15, -0.1) is 0 Å². The summed E-state index contributed by atoms with van der Waals surface area (Å²) in [4.78, 5) is 12.0. The van der Waals surface area contributed by atoms with Crippen molar-refractivity contribution < 1.29 is 9.53 Å². The minimum atomic E-state index is 0.0337. The summed E-state index contributed by atoms with van der Waals surface area (Å²) >= 11 is 0. The third-order valence-corrected chi connectivity index (χ3v) is 5.96. The highest BCUT2D eigenvalue weighted by molar-refractivity contribution is 5.69. The molecule has 0 heterocycles. The monoisotopic (exact) mass is 378 g/mol. The largest absolute Gasteiger partial charge is 0.462 e. The predicted octanol–water partition coefficient (Wildman–Crippen LogP) is 8.15. The molecule has 1 fully saturated rings. The van der Waals surface area contributed by atoms with Crippen LogP contribution in [0.25, 0.3) is 0 Å². The molecule has 2 nitrogen and oxygen atoms in total. The molecule has 0 aromatic carbocycles. The van der Waals surface area contributed by atoms with E-state index in [1.54, 1.807) is 0 Å². The molecule has 1 saturated carbocycles. The Bertz CT molecular complexity index is 375. The maximum Gasteiger partial charge on any atom is 0.306 e. The predicted molar refractivity (Wildman–Crippen MR) is 117 cm³/mol. The highest BCUT2D eigenvalue weighted by Crippen LogP contribution is 2.26. The van der Waals surface area contributed by atoms with Gasteiger partial charge < -0.3 is 4.74 Å². The Morgan fingerprint density at radius 3 is 2.00 bits per heavy atom. The van der Waals surface area contributed by atoms with E-state index in [2.05, 4.69) is 26.0 Å². The van der Waals surface area contributed by atoms with Crippen molar-refractivity contribution in [3.63, 3.8) is 0 Å². The van der Waals surface area contributed by atoms with Crippen LogP contribution in [0.5, 0.6) is 0 Å². The quantitative estimate of drug-likeness (QED) is 0.154. The van der Waals surface area contributed by atoms with Crippen molar-refractivity contribution in [2.45, 2.75) is 136 Å². The third kappa shape index (κ3) is 13.9. The van der Waals surface area contributed by atoms with Crippen molar-refractivity contribution in [1.29, 1.82) is 0 Å². The molecule has 0 spiro atoms. The first kappa shape index (κ1) is 24.2. The van der Waals surface area contributed by atoms with Crippen LogP contribution in [0, 0.1) is 5.92 Å². The molecule has 27 heavy (non-hydrogen) atoms. The fourth-order valence-electron chi connectivity index (χ4n) is 4.03. The average molecular weight is 379 g/mol. The number of hydrogen-bond acceptors (Lipinski definition) is 2. The molecule has 2 heteroatoms. The van der Waals surface area contributed by atoms with Gasteiger partial charge >= 0.3 is 5.97 Å². The number of ether oxygens (including phenoxy) is 1. The zero-order valence-electron chi connectivity index (χ0n) is 18.4. The molecule has 2 atom stereocenters. The first-order valence-corrected chi connectivity index (χ1v) is 12.1. The molecule has 1 aliphatic carbocycles. The highest BCUT2D eigenvalue weighted by atomic mass is 16.5. The molecule has 0 amide bonds. The summed E-state index contributed by atoms with van der Waals surface area (Å²) in [5, 5.41) is 0. The Kier molecular flexibility index (Phi) is 15.6. The average Bonchev–Trinajstić information content (AvgIpc) is 2.66. The summed E-state index contributed by atoms with van der Waals surface area (Å²) in [5.74, 6) is 0.586. The minimum Gasteiger partial charge on any atom is -0.462 e.